The van der Waals surface area contributed by atoms with Crippen LogP contribution in [0.4, 0.5) is 0 Å². The van der Waals surface area contributed by atoms with Crippen molar-refractivity contribution in [3.63, 3.8) is 0 Å². The highest BCUT2D eigenvalue weighted by Gasteiger charge is 2.24. The highest BCUT2D eigenvalue weighted by Crippen LogP contribution is 2.33. The molecule has 3 rings (SSSR count). The molecule has 0 saturated heterocycles. The minimum Gasteiger partial charge on any atom is -0.491 e. The van der Waals surface area contributed by atoms with E-state index < -0.39 is 12.2 Å². The molecule has 0 radical (unpaired) electrons. The van der Waals surface area contributed by atoms with Crippen molar-refractivity contribution < 1.29 is 19.7 Å². The molecule has 5 nitrogen and oxygen atoms in total. The molecule has 0 aromatic heterocycles. The second kappa shape index (κ2) is 12.6. The van der Waals surface area contributed by atoms with Crippen LogP contribution in [0.5, 0.6) is 11.5 Å². The van der Waals surface area contributed by atoms with Gasteiger partial charge in [-0.2, -0.15) is 0 Å². The number of hydrogen-bond donors (Lipinski definition) is 2. The van der Waals surface area contributed by atoms with Gasteiger partial charge >= 0.3 is 0 Å². The maximum Gasteiger partial charge on any atom is 0.119 e. The minimum absolute atomic E-state index is 0.178. The van der Waals surface area contributed by atoms with Crippen molar-refractivity contribution in [1.29, 1.82) is 0 Å². The van der Waals surface area contributed by atoms with E-state index in [1.807, 2.05) is 24.3 Å². The van der Waals surface area contributed by atoms with Crippen LogP contribution < -0.4 is 9.47 Å². The summed E-state index contributed by atoms with van der Waals surface area (Å²) in [6.45, 7) is 10.5. The van der Waals surface area contributed by atoms with E-state index in [0.717, 1.165) is 18.0 Å². The Kier molecular flexibility index (Phi) is 9.81. The van der Waals surface area contributed by atoms with Gasteiger partial charge in [-0.1, -0.05) is 64.3 Å². The summed E-state index contributed by atoms with van der Waals surface area (Å²) in [6.07, 6.45) is 5.46. The molecule has 1 aliphatic carbocycles. The van der Waals surface area contributed by atoms with Crippen LogP contribution in [-0.2, 0) is 5.41 Å². The van der Waals surface area contributed by atoms with Gasteiger partial charge in [-0.3, -0.25) is 4.90 Å². The fraction of sp³-hybridized carbons (Fsp3) is 0.586. The number of aliphatic hydroxyl groups excluding tert-OH is 2. The molecule has 2 aromatic rings. The van der Waals surface area contributed by atoms with Gasteiger partial charge in [0.25, 0.3) is 0 Å². The van der Waals surface area contributed by atoms with Crippen LogP contribution in [0.1, 0.15) is 70.9 Å². The quantitative estimate of drug-likeness (QED) is 0.449. The number of hydrogen-bond acceptors (Lipinski definition) is 5. The van der Waals surface area contributed by atoms with Crippen LogP contribution in [0.25, 0.3) is 0 Å². The third-order valence-corrected chi connectivity index (χ3v) is 7.03. The highest BCUT2D eigenvalue weighted by molar-refractivity contribution is 5.41. The molecule has 2 N–H and O–H groups in total. The Bertz CT molecular complexity index is 841. The summed E-state index contributed by atoms with van der Waals surface area (Å²) in [5, 5.41) is 20.0. The first kappa shape index (κ1) is 26.5. The Balaban J connectivity index is 1.53. The standard InChI is InChI=1S/C29H43NO4/c1-5-30(25-9-7-6-8-10-25)19-26(32)21-34-28-17-13-24(14-18-28)29(3,4)23-11-15-27(16-12-23)33-20-22(2)31/h11-18,22,25-26,31-32H,5-10,19-21H2,1-4H3. The predicted octanol–water partition coefficient (Wildman–Crippen LogP) is 5.17. The summed E-state index contributed by atoms with van der Waals surface area (Å²) >= 11 is 0. The van der Waals surface area contributed by atoms with Gasteiger partial charge < -0.3 is 19.7 Å². The first-order chi connectivity index (χ1) is 16.3. The number of likely N-dealkylation sites (N-methyl/N-ethyl adjacent to an activating group) is 1. The second-order valence-electron chi connectivity index (χ2n) is 10.2. The summed E-state index contributed by atoms with van der Waals surface area (Å²) in [5.41, 5.74) is 2.19. The summed E-state index contributed by atoms with van der Waals surface area (Å²) < 4.78 is 11.5. The molecule has 0 heterocycles. The molecule has 1 fully saturated rings. The fourth-order valence-corrected chi connectivity index (χ4v) is 4.82. The van der Waals surface area contributed by atoms with Gasteiger partial charge in [0.15, 0.2) is 0 Å². The van der Waals surface area contributed by atoms with Crippen LogP contribution in [-0.4, -0.2) is 59.7 Å². The maximum absolute atomic E-state index is 10.6. The van der Waals surface area contributed by atoms with Gasteiger partial charge in [-0.05, 0) is 61.7 Å². The molecule has 34 heavy (non-hydrogen) atoms. The Labute approximate surface area is 205 Å². The highest BCUT2D eigenvalue weighted by atomic mass is 16.5. The van der Waals surface area contributed by atoms with E-state index in [9.17, 15) is 10.2 Å². The van der Waals surface area contributed by atoms with Crippen LogP contribution in [0.15, 0.2) is 48.5 Å². The summed E-state index contributed by atoms with van der Waals surface area (Å²) in [4.78, 5) is 2.42. The average molecular weight is 470 g/mol. The molecule has 0 bridgehead atoms. The first-order valence-corrected chi connectivity index (χ1v) is 12.9. The fourth-order valence-electron chi connectivity index (χ4n) is 4.82. The van der Waals surface area contributed by atoms with Crippen molar-refractivity contribution in [3.8, 4) is 11.5 Å². The van der Waals surface area contributed by atoms with E-state index in [0.29, 0.717) is 19.2 Å². The smallest absolute Gasteiger partial charge is 0.119 e. The SMILES string of the molecule is CCN(CC(O)COc1ccc(C(C)(C)c2ccc(OCC(C)O)cc2)cc1)C1CCCCC1. The number of nitrogens with zero attached hydrogens (tertiary/aromatic N) is 1. The van der Waals surface area contributed by atoms with Crippen LogP contribution in [0.3, 0.4) is 0 Å². The van der Waals surface area contributed by atoms with E-state index in [4.69, 9.17) is 9.47 Å². The third kappa shape index (κ3) is 7.46. The zero-order valence-electron chi connectivity index (χ0n) is 21.4. The molecule has 5 heteroatoms. The molecule has 188 valence electrons. The molecule has 2 aromatic carbocycles. The molecule has 0 spiro atoms. The molecule has 0 amide bonds. The van der Waals surface area contributed by atoms with Gasteiger partial charge in [-0.15, -0.1) is 0 Å². The number of benzene rings is 2. The van der Waals surface area contributed by atoms with Crippen molar-refractivity contribution in [2.75, 3.05) is 26.3 Å². The Morgan fingerprint density at radius 2 is 1.35 bits per heavy atom. The molecule has 0 aliphatic heterocycles. The number of ether oxygens (including phenoxy) is 2. The molecule has 2 atom stereocenters. The van der Waals surface area contributed by atoms with Gasteiger partial charge in [0.05, 0.1) is 6.10 Å². The lowest BCUT2D eigenvalue weighted by Gasteiger charge is -2.34. The minimum atomic E-state index is -0.493. The number of aliphatic hydroxyl groups is 2. The van der Waals surface area contributed by atoms with Gasteiger partial charge in [0.1, 0.15) is 30.8 Å². The summed E-state index contributed by atoms with van der Waals surface area (Å²) in [7, 11) is 0. The average Bonchev–Trinajstić information content (AvgIpc) is 2.85. The van der Waals surface area contributed by atoms with Crippen LogP contribution in [0, 0.1) is 0 Å². The predicted molar refractivity (Wildman–Crippen MR) is 138 cm³/mol. The van der Waals surface area contributed by atoms with Gasteiger partial charge in [0, 0.05) is 18.0 Å². The van der Waals surface area contributed by atoms with Crippen molar-refractivity contribution in [2.45, 2.75) is 83.5 Å². The van der Waals surface area contributed by atoms with E-state index in [1.165, 1.54) is 43.2 Å². The van der Waals surface area contributed by atoms with Gasteiger partial charge in [-0.25, -0.2) is 0 Å². The zero-order chi connectivity index (χ0) is 24.6. The largest absolute Gasteiger partial charge is 0.491 e. The van der Waals surface area contributed by atoms with Crippen LogP contribution in [0.2, 0.25) is 0 Å². The van der Waals surface area contributed by atoms with E-state index in [-0.39, 0.29) is 12.0 Å². The first-order valence-electron chi connectivity index (χ1n) is 12.9. The number of rotatable bonds is 12. The van der Waals surface area contributed by atoms with Gasteiger partial charge in [0.2, 0.25) is 0 Å². The molecule has 1 aliphatic rings. The van der Waals surface area contributed by atoms with Crippen molar-refractivity contribution in [2.24, 2.45) is 0 Å². The molecule has 1 saturated carbocycles. The Morgan fingerprint density at radius 3 is 1.82 bits per heavy atom. The third-order valence-electron chi connectivity index (χ3n) is 7.03. The van der Waals surface area contributed by atoms with Crippen molar-refractivity contribution in [3.05, 3.63) is 59.7 Å². The second-order valence-corrected chi connectivity index (χ2v) is 10.2. The molecule has 2 unspecified atom stereocenters. The lowest BCUT2D eigenvalue weighted by atomic mass is 9.78. The van der Waals surface area contributed by atoms with Crippen molar-refractivity contribution in [1.82, 2.24) is 4.90 Å². The molecular formula is C29H43NO4. The van der Waals surface area contributed by atoms with Crippen molar-refractivity contribution >= 4 is 0 Å². The monoisotopic (exact) mass is 469 g/mol. The normalized spacial score (nSPS) is 16.9. The molecular weight excluding hydrogens is 426 g/mol. The lowest BCUT2D eigenvalue weighted by Crippen LogP contribution is -2.43. The maximum atomic E-state index is 10.6. The zero-order valence-corrected chi connectivity index (χ0v) is 21.4. The summed E-state index contributed by atoms with van der Waals surface area (Å²) in [6, 6.07) is 16.8. The van der Waals surface area contributed by atoms with E-state index in [2.05, 4.69) is 49.9 Å². The topological polar surface area (TPSA) is 62.2 Å². The van der Waals surface area contributed by atoms with E-state index in [1.54, 1.807) is 6.92 Å². The van der Waals surface area contributed by atoms with E-state index >= 15 is 0 Å². The summed E-state index contributed by atoms with van der Waals surface area (Å²) in [5.74, 6) is 1.54. The van der Waals surface area contributed by atoms with Crippen LogP contribution >= 0.6 is 0 Å². The Hall–Kier alpha value is -2.08. The Morgan fingerprint density at radius 1 is 0.853 bits per heavy atom. The lowest BCUT2D eigenvalue weighted by molar-refractivity contribution is 0.0463.